The van der Waals surface area contributed by atoms with Gasteiger partial charge < -0.3 is 10.1 Å². The summed E-state index contributed by atoms with van der Waals surface area (Å²) in [6.45, 7) is 2.55. The van der Waals surface area contributed by atoms with Crippen LogP contribution >= 0.6 is 23.2 Å². The van der Waals surface area contributed by atoms with Crippen LogP contribution in [-0.2, 0) is 4.79 Å². The number of hydrogen-bond donors (Lipinski definition) is 1. The minimum absolute atomic E-state index is 0.140. The molecule has 0 heterocycles. The van der Waals surface area contributed by atoms with Crippen LogP contribution in [0, 0.1) is 0 Å². The lowest BCUT2D eigenvalue weighted by atomic mass is 10.3. The Labute approximate surface area is 110 Å². The predicted octanol–water partition coefficient (Wildman–Crippen LogP) is 3.06. The second kappa shape index (κ2) is 7.20. The van der Waals surface area contributed by atoms with Crippen molar-refractivity contribution in [2.75, 3.05) is 13.2 Å². The van der Waals surface area contributed by atoms with Crippen LogP contribution in [0.4, 0.5) is 0 Å². The average molecular weight is 274 g/mol. The van der Waals surface area contributed by atoms with E-state index >= 15 is 0 Å². The van der Waals surface area contributed by atoms with Gasteiger partial charge in [-0.25, -0.2) is 0 Å². The Balaban J connectivity index is 2.34. The molecule has 1 rings (SSSR count). The normalized spacial score (nSPS) is 10.5. The third kappa shape index (κ3) is 5.11. The van der Waals surface area contributed by atoms with E-state index in [2.05, 4.69) is 5.32 Å². The van der Waals surface area contributed by atoms with Gasteiger partial charge in [0.2, 0.25) is 5.91 Å². The molecule has 0 fully saturated rings. The third-order valence-corrected chi connectivity index (χ3v) is 2.40. The maximum absolute atomic E-state index is 11.1. The molecule has 0 atom stereocenters. The van der Waals surface area contributed by atoms with Gasteiger partial charge in [0.15, 0.2) is 0 Å². The van der Waals surface area contributed by atoms with Crippen LogP contribution in [0.15, 0.2) is 30.4 Å². The Bertz CT molecular complexity index is 419. The van der Waals surface area contributed by atoms with Crippen LogP contribution < -0.4 is 10.1 Å². The summed E-state index contributed by atoms with van der Waals surface area (Å²) in [5.41, 5.74) is 0. The number of carbonyl (C=O) groups is 1. The van der Waals surface area contributed by atoms with E-state index < -0.39 is 0 Å². The molecule has 3 nitrogen and oxygen atoms in total. The van der Waals surface area contributed by atoms with Crippen LogP contribution in [0.5, 0.6) is 5.75 Å². The van der Waals surface area contributed by atoms with Crippen molar-refractivity contribution in [3.63, 3.8) is 0 Å². The van der Waals surface area contributed by atoms with E-state index in [1.807, 2.05) is 0 Å². The minimum Gasteiger partial charge on any atom is -0.490 e. The fourth-order valence-corrected chi connectivity index (χ4v) is 1.60. The number of rotatable bonds is 5. The first-order chi connectivity index (χ1) is 8.13. The van der Waals surface area contributed by atoms with Crippen molar-refractivity contribution in [3.8, 4) is 5.75 Å². The van der Waals surface area contributed by atoms with Gasteiger partial charge >= 0.3 is 0 Å². The maximum atomic E-state index is 11.1. The molecule has 0 radical (unpaired) electrons. The smallest absolute Gasteiger partial charge is 0.243 e. The monoisotopic (exact) mass is 273 g/mol. The largest absolute Gasteiger partial charge is 0.490 e. The number of amides is 1. The van der Waals surface area contributed by atoms with Crippen molar-refractivity contribution in [1.82, 2.24) is 5.32 Å². The highest BCUT2D eigenvalue weighted by Crippen LogP contribution is 2.27. The van der Waals surface area contributed by atoms with E-state index in [9.17, 15) is 4.79 Å². The Kier molecular flexibility index (Phi) is 5.87. The summed E-state index contributed by atoms with van der Waals surface area (Å²) < 4.78 is 5.39. The first-order valence-corrected chi connectivity index (χ1v) is 5.87. The highest BCUT2D eigenvalue weighted by Gasteiger charge is 2.02. The second-order valence-corrected chi connectivity index (χ2v) is 4.06. The molecule has 0 saturated carbocycles. The third-order valence-electron chi connectivity index (χ3n) is 1.87. The standard InChI is InChI=1S/C12H13Cl2NO2/c1-2-3-12(16)15-6-7-17-11-5-4-9(13)8-10(11)14/h2-5,8H,6-7H2,1H3,(H,15,16)/b3-2+. The second-order valence-electron chi connectivity index (χ2n) is 3.21. The van der Waals surface area contributed by atoms with Gasteiger partial charge in [0.25, 0.3) is 0 Å². The number of ether oxygens (including phenoxy) is 1. The Hall–Kier alpha value is -1.19. The maximum Gasteiger partial charge on any atom is 0.243 e. The summed E-state index contributed by atoms with van der Waals surface area (Å²) >= 11 is 11.7. The van der Waals surface area contributed by atoms with Gasteiger partial charge in [0, 0.05) is 5.02 Å². The minimum atomic E-state index is -0.140. The molecule has 5 heteroatoms. The Morgan fingerprint density at radius 1 is 1.47 bits per heavy atom. The molecule has 1 amide bonds. The van der Waals surface area contributed by atoms with Crippen molar-refractivity contribution >= 4 is 29.1 Å². The quantitative estimate of drug-likeness (QED) is 0.662. The fraction of sp³-hybridized carbons (Fsp3) is 0.250. The van der Waals surface area contributed by atoms with Gasteiger partial charge in [-0.2, -0.15) is 0 Å². The van der Waals surface area contributed by atoms with E-state index in [1.165, 1.54) is 6.08 Å². The summed E-state index contributed by atoms with van der Waals surface area (Å²) in [6, 6.07) is 5.00. The molecule has 0 unspecified atom stereocenters. The number of halogens is 2. The fourth-order valence-electron chi connectivity index (χ4n) is 1.14. The van der Waals surface area contributed by atoms with Gasteiger partial charge in [-0.3, -0.25) is 4.79 Å². The van der Waals surface area contributed by atoms with Crippen molar-refractivity contribution < 1.29 is 9.53 Å². The average Bonchev–Trinajstić information content (AvgIpc) is 2.27. The lowest BCUT2D eigenvalue weighted by Gasteiger charge is -2.08. The van der Waals surface area contributed by atoms with Gasteiger partial charge in [0.1, 0.15) is 12.4 Å². The van der Waals surface area contributed by atoms with Crippen LogP contribution in [-0.4, -0.2) is 19.1 Å². The highest BCUT2D eigenvalue weighted by molar-refractivity contribution is 6.35. The molecular formula is C12H13Cl2NO2. The molecule has 1 aromatic rings. The molecule has 0 aliphatic rings. The topological polar surface area (TPSA) is 38.3 Å². The summed E-state index contributed by atoms with van der Waals surface area (Å²) in [5.74, 6) is 0.412. The summed E-state index contributed by atoms with van der Waals surface area (Å²) in [6.07, 6.45) is 3.13. The lowest BCUT2D eigenvalue weighted by Crippen LogP contribution is -2.26. The number of benzene rings is 1. The molecular weight excluding hydrogens is 261 g/mol. The van der Waals surface area contributed by atoms with Crippen molar-refractivity contribution in [1.29, 1.82) is 0 Å². The van der Waals surface area contributed by atoms with Crippen LogP contribution in [0.1, 0.15) is 6.92 Å². The zero-order chi connectivity index (χ0) is 12.7. The molecule has 0 aromatic heterocycles. The van der Waals surface area contributed by atoms with Crippen molar-refractivity contribution in [2.45, 2.75) is 6.92 Å². The van der Waals surface area contributed by atoms with E-state index in [0.717, 1.165) is 0 Å². The van der Waals surface area contributed by atoms with Gasteiger partial charge in [-0.1, -0.05) is 29.3 Å². The lowest BCUT2D eigenvalue weighted by molar-refractivity contribution is -0.116. The Morgan fingerprint density at radius 3 is 2.88 bits per heavy atom. The van der Waals surface area contributed by atoms with E-state index in [4.69, 9.17) is 27.9 Å². The van der Waals surface area contributed by atoms with Crippen LogP contribution in [0.3, 0.4) is 0 Å². The molecule has 0 spiro atoms. The summed E-state index contributed by atoms with van der Waals surface area (Å²) in [4.78, 5) is 11.1. The molecule has 17 heavy (non-hydrogen) atoms. The van der Waals surface area contributed by atoms with E-state index in [0.29, 0.717) is 28.9 Å². The van der Waals surface area contributed by atoms with Gasteiger partial charge in [-0.05, 0) is 31.2 Å². The molecule has 0 bridgehead atoms. The molecule has 92 valence electrons. The molecule has 0 aliphatic carbocycles. The van der Waals surface area contributed by atoms with E-state index in [-0.39, 0.29) is 5.91 Å². The van der Waals surface area contributed by atoms with Crippen LogP contribution in [0.25, 0.3) is 0 Å². The zero-order valence-electron chi connectivity index (χ0n) is 9.37. The molecule has 1 aromatic carbocycles. The highest BCUT2D eigenvalue weighted by atomic mass is 35.5. The predicted molar refractivity (Wildman–Crippen MR) is 69.8 cm³/mol. The summed E-state index contributed by atoms with van der Waals surface area (Å²) in [5, 5.41) is 3.68. The summed E-state index contributed by atoms with van der Waals surface area (Å²) in [7, 11) is 0. The Morgan fingerprint density at radius 2 is 2.24 bits per heavy atom. The number of carbonyl (C=O) groups excluding carboxylic acids is 1. The van der Waals surface area contributed by atoms with E-state index in [1.54, 1.807) is 31.2 Å². The van der Waals surface area contributed by atoms with Gasteiger partial charge in [-0.15, -0.1) is 0 Å². The van der Waals surface area contributed by atoms with Gasteiger partial charge in [0.05, 0.1) is 11.6 Å². The number of nitrogens with one attached hydrogen (secondary N) is 1. The number of allylic oxidation sites excluding steroid dienone is 1. The van der Waals surface area contributed by atoms with Crippen LogP contribution in [0.2, 0.25) is 10.0 Å². The molecule has 0 saturated heterocycles. The molecule has 1 N–H and O–H groups in total. The van der Waals surface area contributed by atoms with Crippen molar-refractivity contribution in [3.05, 3.63) is 40.4 Å². The zero-order valence-corrected chi connectivity index (χ0v) is 10.9. The molecule has 0 aliphatic heterocycles. The van der Waals surface area contributed by atoms with Crippen molar-refractivity contribution in [2.24, 2.45) is 0 Å². The first-order valence-electron chi connectivity index (χ1n) is 5.12. The SMILES string of the molecule is C/C=C/C(=O)NCCOc1ccc(Cl)cc1Cl. The number of hydrogen-bond acceptors (Lipinski definition) is 2. The first kappa shape index (κ1) is 13.9.